The number of rotatable bonds is 5. The summed E-state index contributed by atoms with van der Waals surface area (Å²) in [6.45, 7) is 3.97. The van der Waals surface area contributed by atoms with Crippen LogP contribution in [0.5, 0.6) is 0 Å². The second-order valence-corrected chi connectivity index (χ2v) is 7.52. The van der Waals surface area contributed by atoms with Crippen molar-refractivity contribution in [1.82, 2.24) is 4.90 Å². The van der Waals surface area contributed by atoms with Gasteiger partial charge in [0.15, 0.2) is 0 Å². The zero-order valence-corrected chi connectivity index (χ0v) is 16.9. The number of fused-ring (bicyclic) bond motifs is 1. The molecule has 0 bridgehead atoms. The van der Waals surface area contributed by atoms with Crippen molar-refractivity contribution in [1.29, 1.82) is 0 Å². The molecule has 3 amide bonds. The minimum Gasteiger partial charge on any atom is -0.324 e. The Hall–Kier alpha value is -3.73. The number of benzene rings is 3. The number of hydrogen-bond donors (Lipinski definition) is 1. The molecule has 0 unspecified atom stereocenters. The van der Waals surface area contributed by atoms with Crippen molar-refractivity contribution < 1.29 is 14.4 Å². The highest BCUT2D eigenvalue weighted by Gasteiger charge is 2.42. The molecule has 1 aliphatic heterocycles. The second-order valence-electron chi connectivity index (χ2n) is 7.52. The highest BCUT2D eigenvalue weighted by molar-refractivity contribution is 6.23. The molecular weight excluding hydrogens is 376 g/mol. The van der Waals surface area contributed by atoms with Crippen molar-refractivity contribution in [2.45, 2.75) is 26.3 Å². The van der Waals surface area contributed by atoms with Gasteiger partial charge in [-0.15, -0.1) is 0 Å². The van der Waals surface area contributed by atoms with Crippen molar-refractivity contribution in [3.05, 3.63) is 101 Å². The molecule has 150 valence electrons. The quantitative estimate of drug-likeness (QED) is 0.657. The fourth-order valence-electron chi connectivity index (χ4n) is 3.67. The molecule has 5 heteroatoms. The largest absolute Gasteiger partial charge is 0.324 e. The van der Waals surface area contributed by atoms with E-state index in [1.54, 1.807) is 24.3 Å². The van der Waals surface area contributed by atoms with Crippen LogP contribution in [0.2, 0.25) is 0 Å². The molecule has 0 saturated heterocycles. The summed E-state index contributed by atoms with van der Waals surface area (Å²) in [5, 5.41) is 2.89. The SMILES string of the molecule is Cc1ccc(NC(=O)[C@@H](Cc2ccccc2)N2C(=O)c3ccccc3C2=O)cc1C. The van der Waals surface area contributed by atoms with E-state index in [4.69, 9.17) is 0 Å². The summed E-state index contributed by atoms with van der Waals surface area (Å²) < 4.78 is 0. The molecule has 1 atom stereocenters. The Bertz CT molecular complexity index is 1100. The number of hydrogen-bond acceptors (Lipinski definition) is 3. The van der Waals surface area contributed by atoms with Gasteiger partial charge in [-0.1, -0.05) is 48.5 Å². The van der Waals surface area contributed by atoms with Gasteiger partial charge in [0, 0.05) is 12.1 Å². The monoisotopic (exact) mass is 398 g/mol. The second kappa shape index (κ2) is 7.95. The van der Waals surface area contributed by atoms with Crippen LogP contribution in [0.3, 0.4) is 0 Å². The van der Waals surface area contributed by atoms with Crippen LogP contribution in [-0.4, -0.2) is 28.7 Å². The predicted octanol–water partition coefficient (Wildman–Crippen LogP) is 4.15. The van der Waals surface area contributed by atoms with Gasteiger partial charge >= 0.3 is 0 Å². The summed E-state index contributed by atoms with van der Waals surface area (Å²) in [6.07, 6.45) is 0.239. The molecular formula is C25H22N2O3. The lowest BCUT2D eigenvalue weighted by atomic mass is 10.0. The molecule has 0 saturated carbocycles. The Morgan fingerprint density at radius 1 is 0.833 bits per heavy atom. The number of anilines is 1. The number of nitrogens with one attached hydrogen (secondary N) is 1. The van der Waals surface area contributed by atoms with Crippen LogP contribution < -0.4 is 5.32 Å². The third-order valence-electron chi connectivity index (χ3n) is 5.49. The number of amides is 3. The fourth-order valence-corrected chi connectivity index (χ4v) is 3.67. The first-order chi connectivity index (χ1) is 14.5. The van der Waals surface area contributed by atoms with Crippen molar-refractivity contribution >= 4 is 23.4 Å². The van der Waals surface area contributed by atoms with Gasteiger partial charge < -0.3 is 5.32 Å². The van der Waals surface area contributed by atoms with Crippen LogP contribution in [0.1, 0.15) is 37.4 Å². The average Bonchev–Trinajstić information content (AvgIpc) is 3.00. The van der Waals surface area contributed by atoms with Crippen LogP contribution in [0.4, 0.5) is 5.69 Å². The van der Waals surface area contributed by atoms with Crippen LogP contribution in [0.25, 0.3) is 0 Å². The molecule has 5 nitrogen and oxygen atoms in total. The van der Waals surface area contributed by atoms with E-state index in [-0.39, 0.29) is 6.42 Å². The lowest BCUT2D eigenvalue weighted by Gasteiger charge is -2.25. The summed E-state index contributed by atoms with van der Waals surface area (Å²) in [4.78, 5) is 40.4. The normalized spacial score (nSPS) is 13.9. The van der Waals surface area contributed by atoms with E-state index in [2.05, 4.69) is 5.32 Å². The summed E-state index contributed by atoms with van der Waals surface area (Å²) in [5.41, 5.74) is 4.34. The van der Waals surface area contributed by atoms with Crippen molar-refractivity contribution in [3.63, 3.8) is 0 Å². The molecule has 1 N–H and O–H groups in total. The minimum atomic E-state index is -0.957. The topological polar surface area (TPSA) is 66.5 Å². The maximum absolute atomic E-state index is 13.3. The Labute approximate surface area is 175 Å². The van der Waals surface area contributed by atoms with Crippen molar-refractivity contribution in [3.8, 4) is 0 Å². The van der Waals surface area contributed by atoms with Crippen LogP contribution >= 0.6 is 0 Å². The standard InChI is InChI=1S/C25H22N2O3/c1-16-12-13-19(14-17(16)2)26-23(28)22(15-18-8-4-3-5-9-18)27-24(29)20-10-6-7-11-21(20)25(27)30/h3-14,22H,15H2,1-2H3,(H,26,28)/t22-/m1/s1. The Morgan fingerprint density at radius 2 is 1.43 bits per heavy atom. The van der Waals surface area contributed by atoms with E-state index in [0.29, 0.717) is 16.8 Å². The van der Waals surface area contributed by atoms with Gasteiger partial charge in [-0.25, -0.2) is 0 Å². The predicted molar refractivity (Wildman–Crippen MR) is 115 cm³/mol. The van der Waals surface area contributed by atoms with Crippen LogP contribution in [0.15, 0.2) is 72.8 Å². The summed E-state index contributed by atoms with van der Waals surface area (Å²) in [7, 11) is 0. The highest BCUT2D eigenvalue weighted by Crippen LogP contribution is 2.27. The average molecular weight is 398 g/mol. The van der Waals surface area contributed by atoms with Gasteiger partial charge in [0.2, 0.25) is 5.91 Å². The zero-order valence-electron chi connectivity index (χ0n) is 16.9. The van der Waals surface area contributed by atoms with E-state index in [9.17, 15) is 14.4 Å². The molecule has 3 aromatic rings. The first-order valence-corrected chi connectivity index (χ1v) is 9.84. The van der Waals surface area contributed by atoms with Gasteiger partial charge in [-0.2, -0.15) is 0 Å². The first kappa shape index (κ1) is 19.6. The maximum atomic E-state index is 13.3. The van der Waals surface area contributed by atoms with E-state index in [1.807, 2.05) is 62.4 Å². The molecule has 4 rings (SSSR count). The van der Waals surface area contributed by atoms with Gasteiger partial charge in [0.25, 0.3) is 11.8 Å². The summed E-state index contributed by atoms with van der Waals surface area (Å²) >= 11 is 0. The Morgan fingerprint density at radius 3 is 2.03 bits per heavy atom. The number of imide groups is 1. The first-order valence-electron chi connectivity index (χ1n) is 9.84. The van der Waals surface area contributed by atoms with E-state index in [1.165, 1.54) is 0 Å². The molecule has 1 heterocycles. The van der Waals surface area contributed by atoms with Crippen LogP contribution in [0, 0.1) is 13.8 Å². The number of nitrogens with zero attached hydrogens (tertiary/aromatic N) is 1. The molecule has 1 aliphatic rings. The number of aryl methyl sites for hydroxylation is 2. The van der Waals surface area contributed by atoms with Crippen LogP contribution in [-0.2, 0) is 11.2 Å². The zero-order chi connectivity index (χ0) is 21.3. The molecule has 0 fully saturated rings. The van der Waals surface area contributed by atoms with E-state index >= 15 is 0 Å². The minimum absolute atomic E-state index is 0.239. The van der Waals surface area contributed by atoms with E-state index in [0.717, 1.165) is 21.6 Å². The third kappa shape index (κ3) is 3.62. The molecule has 0 radical (unpaired) electrons. The van der Waals surface area contributed by atoms with Crippen molar-refractivity contribution in [2.75, 3.05) is 5.32 Å². The van der Waals surface area contributed by atoms with Crippen molar-refractivity contribution in [2.24, 2.45) is 0 Å². The smallest absolute Gasteiger partial charge is 0.262 e. The molecule has 3 aromatic carbocycles. The number of carbonyl (C=O) groups excluding carboxylic acids is 3. The molecule has 0 spiro atoms. The lowest BCUT2D eigenvalue weighted by molar-refractivity contribution is -0.119. The summed E-state index contributed by atoms with van der Waals surface area (Å²) in [5.74, 6) is -1.27. The van der Waals surface area contributed by atoms with E-state index < -0.39 is 23.8 Å². The van der Waals surface area contributed by atoms with Gasteiger partial charge in [0.1, 0.15) is 6.04 Å². The molecule has 0 aromatic heterocycles. The number of carbonyl (C=O) groups is 3. The lowest BCUT2D eigenvalue weighted by Crippen LogP contribution is -2.48. The van der Waals surface area contributed by atoms with Gasteiger partial charge in [0.05, 0.1) is 11.1 Å². The fraction of sp³-hybridized carbons (Fsp3) is 0.160. The van der Waals surface area contributed by atoms with Gasteiger partial charge in [-0.3, -0.25) is 19.3 Å². The maximum Gasteiger partial charge on any atom is 0.262 e. The Balaban J connectivity index is 1.68. The van der Waals surface area contributed by atoms with Gasteiger partial charge in [-0.05, 0) is 54.8 Å². The molecule has 30 heavy (non-hydrogen) atoms. The Kier molecular flexibility index (Phi) is 5.19. The molecule has 0 aliphatic carbocycles. The highest BCUT2D eigenvalue weighted by atomic mass is 16.2. The summed E-state index contributed by atoms with van der Waals surface area (Å²) in [6, 6.07) is 20.7. The third-order valence-corrected chi connectivity index (χ3v) is 5.49.